The van der Waals surface area contributed by atoms with E-state index >= 15 is 0 Å². The summed E-state index contributed by atoms with van der Waals surface area (Å²) in [7, 11) is 0. The van der Waals surface area contributed by atoms with Gasteiger partial charge in [-0.3, -0.25) is 4.79 Å². The Morgan fingerprint density at radius 3 is 2.47 bits per heavy atom. The maximum Gasteiger partial charge on any atom is 0.222 e. The third kappa shape index (κ3) is 5.07. The van der Waals surface area contributed by atoms with E-state index in [-0.39, 0.29) is 0 Å². The van der Waals surface area contributed by atoms with Crippen LogP contribution in [0.3, 0.4) is 0 Å². The maximum absolute atomic E-state index is 12.2. The highest BCUT2D eigenvalue weighted by Gasteiger charge is 2.25. The zero-order chi connectivity index (χ0) is 12.7. The van der Waals surface area contributed by atoms with Gasteiger partial charge in [0.15, 0.2) is 0 Å². The van der Waals surface area contributed by atoms with Gasteiger partial charge in [-0.25, -0.2) is 0 Å². The van der Waals surface area contributed by atoms with E-state index in [0.717, 1.165) is 13.0 Å². The van der Waals surface area contributed by atoms with Crippen LogP contribution in [0.15, 0.2) is 0 Å². The Labute approximate surface area is 106 Å². The number of hydrogen-bond acceptors (Lipinski definition) is 2. The highest BCUT2D eigenvalue weighted by molar-refractivity contribution is 5.76. The molecule has 0 aromatic heterocycles. The molecule has 0 heterocycles. The predicted octanol–water partition coefficient (Wildman–Crippen LogP) is 2.54. The minimum Gasteiger partial charge on any atom is -0.339 e. The summed E-state index contributed by atoms with van der Waals surface area (Å²) >= 11 is 0. The van der Waals surface area contributed by atoms with Gasteiger partial charge in [0.1, 0.15) is 0 Å². The van der Waals surface area contributed by atoms with Crippen LogP contribution in [0.2, 0.25) is 0 Å². The number of rotatable bonds is 6. The summed E-state index contributed by atoms with van der Waals surface area (Å²) in [4.78, 5) is 14.3. The van der Waals surface area contributed by atoms with Crippen LogP contribution in [0.25, 0.3) is 0 Å². The Morgan fingerprint density at radius 2 is 1.94 bits per heavy atom. The third-order valence-corrected chi connectivity index (χ3v) is 3.49. The molecule has 1 saturated carbocycles. The Balaban J connectivity index is 2.54. The molecule has 0 unspecified atom stereocenters. The summed E-state index contributed by atoms with van der Waals surface area (Å²) in [6.07, 6.45) is 7.73. The standard InChI is InChI=1S/C14H28N2O/c1-12(2)11-16(14(17)9-6-10-15)13-7-4-3-5-8-13/h12-13H,3-11,15H2,1-2H3. The van der Waals surface area contributed by atoms with E-state index in [1.165, 1.54) is 32.1 Å². The van der Waals surface area contributed by atoms with Crippen LogP contribution in [-0.4, -0.2) is 29.9 Å². The van der Waals surface area contributed by atoms with E-state index in [2.05, 4.69) is 18.7 Å². The maximum atomic E-state index is 12.2. The first-order valence-corrected chi connectivity index (χ1v) is 7.14. The molecule has 17 heavy (non-hydrogen) atoms. The summed E-state index contributed by atoms with van der Waals surface area (Å²) in [6, 6.07) is 0.497. The fourth-order valence-electron chi connectivity index (χ4n) is 2.64. The first-order valence-electron chi connectivity index (χ1n) is 7.14. The van der Waals surface area contributed by atoms with Gasteiger partial charge in [-0.05, 0) is 31.7 Å². The summed E-state index contributed by atoms with van der Waals surface area (Å²) in [5, 5.41) is 0. The van der Waals surface area contributed by atoms with E-state index in [4.69, 9.17) is 5.73 Å². The number of carbonyl (C=O) groups excluding carboxylic acids is 1. The molecule has 0 saturated heterocycles. The average molecular weight is 240 g/mol. The molecule has 2 N–H and O–H groups in total. The molecule has 0 aromatic carbocycles. The second-order valence-corrected chi connectivity index (χ2v) is 5.62. The first-order chi connectivity index (χ1) is 8.15. The lowest BCUT2D eigenvalue weighted by Gasteiger charge is -2.35. The SMILES string of the molecule is CC(C)CN(C(=O)CCCN)C1CCCCC1. The highest BCUT2D eigenvalue weighted by atomic mass is 16.2. The summed E-state index contributed by atoms with van der Waals surface area (Å²) in [6.45, 7) is 5.90. The lowest BCUT2D eigenvalue weighted by atomic mass is 9.93. The van der Waals surface area contributed by atoms with Gasteiger partial charge in [0.05, 0.1) is 0 Å². The van der Waals surface area contributed by atoms with Gasteiger partial charge in [0, 0.05) is 19.0 Å². The molecule has 0 radical (unpaired) electrons. The van der Waals surface area contributed by atoms with Crippen LogP contribution in [0.4, 0.5) is 0 Å². The van der Waals surface area contributed by atoms with E-state index < -0.39 is 0 Å². The van der Waals surface area contributed by atoms with Crippen molar-refractivity contribution in [2.24, 2.45) is 11.7 Å². The smallest absolute Gasteiger partial charge is 0.222 e. The second-order valence-electron chi connectivity index (χ2n) is 5.62. The molecule has 0 atom stereocenters. The van der Waals surface area contributed by atoms with E-state index in [9.17, 15) is 4.79 Å². The van der Waals surface area contributed by atoms with Crippen LogP contribution in [0.1, 0.15) is 58.8 Å². The fraction of sp³-hybridized carbons (Fsp3) is 0.929. The molecule has 1 aliphatic rings. The van der Waals surface area contributed by atoms with Crippen molar-refractivity contribution >= 4 is 5.91 Å². The Morgan fingerprint density at radius 1 is 1.29 bits per heavy atom. The van der Waals surface area contributed by atoms with Gasteiger partial charge in [-0.1, -0.05) is 33.1 Å². The molecule has 0 spiro atoms. The van der Waals surface area contributed by atoms with Crippen LogP contribution < -0.4 is 5.73 Å². The number of nitrogens with zero attached hydrogens (tertiary/aromatic N) is 1. The monoisotopic (exact) mass is 240 g/mol. The lowest BCUT2D eigenvalue weighted by Crippen LogP contribution is -2.43. The first kappa shape index (κ1) is 14.5. The minimum atomic E-state index is 0.316. The largest absolute Gasteiger partial charge is 0.339 e. The molecule has 3 nitrogen and oxygen atoms in total. The summed E-state index contributed by atoms with van der Waals surface area (Å²) in [5.74, 6) is 0.870. The Bertz CT molecular complexity index is 222. The zero-order valence-corrected chi connectivity index (χ0v) is 11.5. The van der Waals surface area contributed by atoms with Gasteiger partial charge in [0.25, 0.3) is 0 Å². The summed E-state index contributed by atoms with van der Waals surface area (Å²) < 4.78 is 0. The van der Waals surface area contributed by atoms with Crippen molar-refractivity contribution in [1.82, 2.24) is 4.90 Å². The van der Waals surface area contributed by atoms with Crippen LogP contribution in [-0.2, 0) is 4.79 Å². The van der Waals surface area contributed by atoms with Crippen molar-refractivity contribution in [2.45, 2.75) is 64.8 Å². The molecule has 0 aromatic rings. The molecule has 100 valence electrons. The molecule has 1 rings (SSSR count). The summed E-state index contributed by atoms with van der Waals surface area (Å²) in [5.41, 5.74) is 5.49. The Kier molecular flexibility index (Phi) is 6.56. The van der Waals surface area contributed by atoms with Gasteiger partial charge in [-0.15, -0.1) is 0 Å². The minimum absolute atomic E-state index is 0.316. The molecule has 1 fully saturated rings. The topological polar surface area (TPSA) is 46.3 Å². The van der Waals surface area contributed by atoms with Gasteiger partial charge in [0.2, 0.25) is 5.91 Å². The number of hydrogen-bond donors (Lipinski definition) is 1. The van der Waals surface area contributed by atoms with E-state index in [1.807, 2.05) is 0 Å². The van der Waals surface area contributed by atoms with Crippen molar-refractivity contribution < 1.29 is 4.79 Å². The van der Waals surface area contributed by atoms with Crippen molar-refractivity contribution in [3.63, 3.8) is 0 Å². The molecule has 0 bridgehead atoms. The molecule has 3 heteroatoms. The van der Waals surface area contributed by atoms with Crippen LogP contribution in [0.5, 0.6) is 0 Å². The number of amides is 1. The predicted molar refractivity (Wildman–Crippen MR) is 71.7 cm³/mol. The second kappa shape index (κ2) is 7.70. The van der Waals surface area contributed by atoms with Crippen LogP contribution >= 0.6 is 0 Å². The van der Waals surface area contributed by atoms with Crippen molar-refractivity contribution in [2.75, 3.05) is 13.1 Å². The molecule has 1 aliphatic carbocycles. The zero-order valence-electron chi connectivity index (χ0n) is 11.5. The lowest BCUT2D eigenvalue weighted by molar-refractivity contribution is -0.134. The molecule has 1 amide bonds. The van der Waals surface area contributed by atoms with Crippen LogP contribution in [0, 0.1) is 5.92 Å². The normalized spacial score (nSPS) is 17.4. The van der Waals surface area contributed by atoms with E-state index in [1.54, 1.807) is 0 Å². The van der Waals surface area contributed by atoms with Gasteiger partial charge in [-0.2, -0.15) is 0 Å². The number of carbonyl (C=O) groups is 1. The average Bonchev–Trinajstić information content (AvgIpc) is 2.34. The molecular weight excluding hydrogens is 212 g/mol. The van der Waals surface area contributed by atoms with Gasteiger partial charge < -0.3 is 10.6 Å². The molecular formula is C14H28N2O. The quantitative estimate of drug-likeness (QED) is 0.775. The van der Waals surface area contributed by atoms with Crippen molar-refractivity contribution in [3.8, 4) is 0 Å². The van der Waals surface area contributed by atoms with Crippen molar-refractivity contribution in [1.29, 1.82) is 0 Å². The fourth-order valence-corrected chi connectivity index (χ4v) is 2.64. The Hall–Kier alpha value is -0.570. The van der Waals surface area contributed by atoms with E-state index in [0.29, 0.717) is 30.8 Å². The number of nitrogens with two attached hydrogens (primary N) is 1. The highest BCUT2D eigenvalue weighted by Crippen LogP contribution is 2.24. The third-order valence-electron chi connectivity index (χ3n) is 3.49. The van der Waals surface area contributed by atoms with Crippen molar-refractivity contribution in [3.05, 3.63) is 0 Å². The molecule has 0 aliphatic heterocycles. The van der Waals surface area contributed by atoms with Gasteiger partial charge >= 0.3 is 0 Å².